The van der Waals surface area contributed by atoms with Crippen LogP contribution in [0, 0.1) is 0 Å². The van der Waals surface area contributed by atoms with Crippen LogP contribution in [0.3, 0.4) is 0 Å². The van der Waals surface area contributed by atoms with E-state index in [0.717, 1.165) is 6.08 Å². The van der Waals surface area contributed by atoms with Crippen molar-refractivity contribution in [3.63, 3.8) is 0 Å². The molecule has 0 heterocycles. The lowest BCUT2D eigenvalue weighted by atomic mass is 10.1. The molecule has 3 heteroatoms. The van der Waals surface area contributed by atoms with Crippen LogP contribution in [0.5, 0.6) is 5.75 Å². The summed E-state index contributed by atoms with van der Waals surface area (Å²) in [7, 11) is 0. The van der Waals surface area contributed by atoms with Crippen LogP contribution < -0.4 is 0 Å². The molecule has 0 bridgehead atoms. The largest absolute Gasteiger partial charge is 0.508 e. The molecule has 1 aromatic rings. The number of phenolic OH excluding ortho intramolecular Hbond substituents is 1. The van der Waals surface area contributed by atoms with Gasteiger partial charge in [-0.3, -0.25) is 9.59 Å². The summed E-state index contributed by atoms with van der Waals surface area (Å²) in [4.78, 5) is 21.1. The van der Waals surface area contributed by atoms with Crippen molar-refractivity contribution < 1.29 is 14.7 Å². The molecule has 0 aliphatic rings. The average Bonchev–Trinajstić information content (AvgIpc) is 2.15. The maximum Gasteiger partial charge on any atom is 0.185 e. The van der Waals surface area contributed by atoms with Crippen LogP contribution in [-0.2, 0) is 4.79 Å². The summed E-state index contributed by atoms with van der Waals surface area (Å²) in [6.07, 6.45) is 2.85. The Hall–Kier alpha value is -1.90. The van der Waals surface area contributed by atoms with E-state index >= 15 is 0 Å². The Morgan fingerprint density at radius 1 is 1.23 bits per heavy atom. The van der Waals surface area contributed by atoms with Crippen LogP contribution in [0.1, 0.15) is 10.4 Å². The molecule has 1 rings (SSSR count). The minimum absolute atomic E-state index is 0.107. The van der Waals surface area contributed by atoms with Gasteiger partial charge in [-0.05, 0) is 36.4 Å². The second kappa shape index (κ2) is 4.21. The summed E-state index contributed by atoms with van der Waals surface area (Å²) in [6.45, 7) is 0. The minimum atomic E-state index is -0.257. The van der Waals surface area contributed by atoms with Crippen LogP contribution >= 0.6 is 0 Å². The molecular formula is C10H8O3. The van der Waals surface area contributed by atoms with E-state index in [0.29, 0.717) is 11.8 Å². The number of ketones is 1. The van der Waals surface area contributed by atoms with Crippen LogP contribution in [0.4, 0.5) is 0 Å². The summed E-state index contributed by atoms with van der Waals surface area (Å²) in [5.41, 5.74) is 0.441. The molecule has 0 saturated heterocycles. The van der Waals surface area contributed by atoms with Gasteiger partial charge in [-0.1, -0.05) is 0 Å². The molecule has 1 N–H and O–H groups in total. The molecule has 0 amide bonds. The minimum Gasteiger partial charge on any atom is -0.508 e. The second-order valence-electron chi connectivity index (χ2n) is 2.41. The van der Waals surface area contributed by atoms with E-state index in [1.807, 2.05) is 0 Å². The van der Waals surface area contributed by atoms with Gasteiger partial charge < -0.3 is 5.11 Å². The van der Waals surface area contributed by atoms with Crippen molar-refractivity contribution in [3.05, 3.63) is 42.0 Å². The zero-order chi connectivity index (χ0) is 9.68. The number of aldehydes is 1. The Kier molecular flexibility index (Phi) is 2.97. The summed E-state index contributed by atoms with van der Waals surface area (Å²) in [6, 6.07) is 5.82. The van der Waals surface area contributed by atoms with E-state index in [4.69, 9.17) is 5.11 Å². The number of allylic oxidation sites excluding steroid dienone is 2. The highest BCUT2D eigenvalue weighted by Gasteiger charge is 1.99. The highest BCUT2D eigenvalue weighted by Crippen LogP contribution is 2.10. The molecule has 1 aromatic carbocycles. The van der Waals surface area contributed by atoms with E-state index in [1.54, 1.807) is 0 Å². The molecule has 0 aromatic heterocycles. The highest BCUT2D eigenvalue weighted by atomic mass is 16.3. The predicted molar refractivity (Wildman–Crippen MR) is 47.6 cm³/mol. The molecule has 0 aliphatic carbocycles. The van der Waals surface area contributed by atoms with Gasteiger partial charge in [-0.15, -0.1) is 0 Å². The monoisotopic (exact) mass is 176 g/mol. The van der Waals surface area contributed by atoms with Crippen molar-refractivity contribution in [2.24, 2.45) is 0 Å². The van der Waals surface area contributed by atoms with Gasteiger partial charge in [0.25, 0.3) is 0 Å². The molecule has 0 radical (unpaired) electrons. The Bertz CT molecular complexity index is 336. The second-order valence-corrected chi connectivity index (χ2v) is 2.41. The Morgan fingerprint density at radius 2 is 1.85 bits per heavy atom. The number of phenols is 1. The summed E-state index contributed by atoms with van der Waals surface area (Å²) in [5.74, 6) is -0.150. The van der Waals surface area contributed by atoms with Crippen molar-refractivity contribution in [1.82, 2.24) is 0 Å². The fraction of sp³-hybridized carbons (Fsp3) is 0. The first-order valence-corrected chi connectivity index (χ1v) is 3.69. The molecule has 0 saturated carbocycles. The third-order valence-electron chi connectivity index (χ3n) is 1.48. The van der Waals surface area contributed by atoms with Gasteiger partial charge in [-0.25, -0.2) is 0 Å². The van der Waals surface area contributed by atoms with Gasteiger partial charge in [0.15, 0.2) is 5.78 Å². The first kappa shape index (κ1) is 9.19. The van der Waals surface area contributed by atoms with E-state index in [1.165, 1.54) is 30.3 Å². The molecule has 0 fully saturated rings. The summed E-state index contributed by atoms with van der Waals surface area (Å²) >= 11 is 0. The smallest absolute Gasteiger partial charge is 0.185 e. The lowest BCUT2D eigenvalue weighted by Crippen LogP contribution is -1.92. The normalized spacial score (nSPS) is 10.2. The topological polar surface area (TPSA) is 54.4 Å². The van der Waals surface area contributed by atoms with Crippen molar-refractivity contribution in [2.45, 2.75) is 0 Å². The van der Waals surface area contributed by atoms with Gasteiger partial charge in [0.2, 0.25) is 0 Å². The molecule has 0 atom stereocenters. The average molecular weight is 176 g/mol. The van der Waals surface area contributed by atoms with Crippen molar-refractivity contribution >= 4 is 12.1 Å². The van der Waals surface area contributed by atoms with Gasteiger partial charge in [0, 0.05) is 5.56 Å². The van der Waals surface area contributed by atoms with Gasteiger partial charge in [0.05, 0.1) is 0 Å². The van der Waals surface area contributed by atoms with Crippen molar-refractivity contribution in [3.8, 4) is 5.75 Å². The van der Waals surface area contributed by atoms with E-state index in [-0.39, 0.29) is 11.5 Å². The molecule has 3 nitrogen and oxygen atoms in total. The number of aromatic hydroxyl groups is 1. The highest BCUT2D eigenvalue weighted by molar-refractivity contribution is 6.05. The molecule has 0 aliphatic heterocycles. The van der Waals surface area contributed by atoms with Crippen LogP contribution in [-0.4, -0.2) is 17.2 Å². The van der Waals surface area contributed by atoms with Crippen molar-refractivity contribution in [1.29, 1.82) is 0 Å². The zero-order valence-electron chi connectivity index (χ0n) is 6.81. The SMILES string of the molecule is O=CC=CC(=O)c1ccc(O)cc1. The van der Waals surface area contributed by atoms with Gasteiger partial charge >= 0.3 is 0 Å². The first-order chi connectivity index (χ1) is 6.24. The number of benzene rings is 1. The quantitative estimate of drug-likeness (QED) is 0.429. The predicted octanol–water partition coefficient (Wildman–Crippen LogP) is 1.33. The fourth-order valence-corrected chi connectivity index (χ4v) is 0.849. The Morgan fingerprint density at radius 3 is 2.38 bits per heavy atom. The summed E-state index contributed by atoms with van der Waals surface area (Å²) < 4.78 is 0. The molecule has 13 heavy (non-hydrogen) atoms. The van der Waals surface area contributed by atoms with E-state index < -0.39 is 0 Å². The standard InChI is InChI=1S/C10H8O3/c11-7-1-2-10(13)8-3-5-9(12)6-4-8/h1-7,12H. The molecular weight excluding hydrogens is 168 g/mol. The van der Waals surface area contributed by atoms with Crippen molar-refractivity contribution in [2.75, 3.05) is 0 Å². The Balaban J connectivity index is 2.83. The molecule has 0 spiro atoms. The molecule has 66 valence electrons. The van der Waals surface area contributed by atoms with Gasteiger partial charge in [0.1, 0.15) is 12.0 Å². The third kappa shape index (κ3) is 2.56. The number of rotatable bonds is 3. The van der Waals surface area contributed by atoms with Crippen LogP contribution in [0.15, 0.2) is 36.4 Å². The lowest BCUT2D eigenvalue weighted by molar-refractivity contribution is -0.104. The third-order valence-corrected chi connectivity index (χ3v) is 1.48. The number of hydrogen-bond acceptors (Lipinski definition) is 3. The zero-order valence-corrected chi connectivity index (χ0v) is 6.81. The maximum atomic E-state index is 11.2. The van der Waals surface area contributed by atoms with Crippen LogP contribution in [0.2, 0.25) is 0 Å². The maximum absolute atomic E-state index is 11.2. The first-order valence-electron chi connectivity index (χ1n) is 3.69. The number of carbonyl (C=O) groups is 2. The number of carbonyl (C=O) groups excluding carboxylic acids is 2. The lowest BCUT2D eigenvalue weighted by Gasteiger charge is -1.94. The molecule has 0 unspecified atom stereocenters. The van der Waals surface area contributed by atoms with E-state index in [9.17, 15) is 9.59 Å². The Labute approximate surface area is 75.3 Å². The fourth-order valence-electron chi connectivity index (χ4n) is 0.849. The van der Waals surface area contributed by atoms with Crippen LogP contribution in [0.25, 0.3) is 0 Å². The summed E-state index contributed by atoms with van der Waals surface area (Å²) in [5, 5.41) is 8.93. The van der Waals surface area contributed by atoms with E-state index in [2.05, 4.69) is 0 Å². The van der Waals surface area contributed by atoms with Gasteiger partial charge in [-0.2, -0.15) is 0 Å². The number of hydrogen-bond donors (Lipinski definition) is 1.